The molecule has 4 aromatic carbocycles. The lowest BCUT2D eigenvalue weighted by Crippen LogP contribution is -2.52. The van der Waals surface area contributed by atoms with E-state index in [2.05, 4.69) is 5.32 Å². The lowest BCUT2D eigenvalue weighted by atomic mass is 9.87. The first-order chi connectivity index (χ1) is 19.3. The van der Waals surface area contributed by atoms with Crippen LogP contribution in [0.5, 0.6) is 0 Å². The molecule has 0 heterocycles. The second-order valence-electron chi connectivity index (χ2n) is 10.2. The summed E-state index contributed by atoms with van der Waals surface area (Å²) >= 11 is 12.5. The second-order valence-corrected chi connectivity index (χ2v) is 11.0. The fraction of sp³-hybridized carbons (Fsp3) is 0.235. The molecule has 0 fully saturated rings. The van der Waals surface area contributed by atoms with Crippen LogP contribution < -0.4 is 5.32 Å². The molecule has 0 unspecified atom stereocenters. The molecule has 0 bridgehead atoms. The average Bonchev–Trinajstić information content (AvgIpc) is 2.96. The lowest BCUT2D eigenvalue weighted by molar-refractivity contribution is -0.141. The Bertz CT molecular complexity index is 1360. The minimum Gasteiger partial charge on any atom is -0.352 e. The summed E-state index contributed by atoms with van der Waals surface area (Å²) in [5, 5.41) is 3.89. The Balaban J connectivity index is 1.75. The van der Waals surface area contributed by atoms with E-state index < -0.39 is 6.04 Å². The molecule has 0 aliphatic heterocycles. The highest BCUT2D eigenvalue weighted by Crippen LogP contribution is 2.30. The van der Waals surface area contributed by atoms with Crippen molar-refractivity contribution in [1.29, 1.82) is 0 Å². The van der Waals surface area contributed by atoms with E-state index in [0.717, 1.165) is 22.3 Å². The number of halogens is 2. The van der Waals surface area contributed by atoms with Gasteiger partial charge in [-0.3, -0.25) is 9.59 Å². The molecule has 40 heavy (non-hydrogen) atoms. The number of hydrogen-bond donors (Lipinski definition) is 1. The molecule has 0 aromatic heterocycles. The maximum absolute atomic E-state index is 14.4. The third kappa shape index (κ3) is 7.97. The molecule has 1 atom stereocenters. The first-order valence-corrected chi connectivity index (χ1v) is 14.2. The van der Waals surface area contributed by atoms with Crippen LogP contribution in [0.25, 0.3) is 0 Å². The van der Waals surface area contributed by atoms with Gasteiger partial charge in [0.25, 0.3) is 0 Å². The lowest BCUT2D eigenvalue weighted by Gasteiger charge is -2.33. The highest BCUT2D eigenvalue weighted by Gasteiger charge is 2.32. The molecule has 0 radical (unpaired) electrons. The van der Waals surface area contributed by atoms with Crippen molar-refractivity contribution in [3.63, 3.8) is 0 Å². The molecule has 206 valence electrons. The number of amides is 2. The molecule has 0 saturated heterocycles. The zero-order valence-corrected chi connectivity index (χ0v) is 24.3. The summed E-state index contributed by atoms with van der Waals surface area (Å²) in [5.41, 5.74) is 3.86. The van der Waals surface area contributed by atoms with E-state index in [1.807, 2.05) is 111 Å². The number of nitrogens with one attached hydrogen (secondary N) is 1. The van der Waals surface area contributed by atoms with Crippen LogP contribution in [0, 0.1) is 0 Å². The van der Waals surface area contributed by atoms with Crippen LogP contribution in [0.4, 0.5) is 0 Å². The minimum atomic E-state index is -0.723. The number of carbonyl (C=O) groups is 2. The van der Waals surface area contributed by atoms with Crippen LogP contribution in [-0.2, 0) is 22.6 Å². The summed E-state index contributed by atoms with van der Waals surface area (Å²) in [6.45, 7) is 4.06. The van der Waals surface area contributed by atoms with E-state index in [0.29, 0.717) is 16.5 Å². The van der Waals surface area contributed by atoms with Gasteiger partial charge in [-0.15, -0.1) is 0 Å². The van der Waals surface area contributed by atoms with Crippen LogP contribution in [0.3, 0.4) is 0 Å². The van der Waals surface area contributed by atoms with E-state index in [9.17, 15) is 9.59 Å². The SMILES string of the molecule is CC(C)NC(=O)[C@H](Cc1ccccc1)N(Cc1ccc(Cl)c(Cl)c1)C(=O)CC(c1ccccc1)c1ccccc1. The third-order valence-electron chi connectivity index (χ3n) is 6.82. The Morgan fingerprint density at radius 2 is 1.27 bits per heavy atom. The summed E-state index contributed by atoms with van der Waals surface area (Å²) in [6.07, 6.45) is 0.587. The summed E-state index contributed by atoms with van der Waals surface area (Å²) in [5.74, 6) is -0.483. The summed E-state index contributed by atoms with van der Waals surface area (Å²) in [4.78, 5) is 29.8. The topological polar surface area (TPSA) is 49.4 Å². The van der Waals surface area contributed by atoms with Crippen LogP contribution in [0.2, 0.25) is 10.0 Å². The molecular weight excluding hydrogens is 539 g/mol. The molecular formula is C34H34Cl2N2O2. The average molecular weight is 574 g/mol. The number of rotatable bonds is 11. The van der Waals surface area contributed by atoms with Crippen molar-refractivity contribution in [1.82, 2.24) is 10.2 Å². The summed E-state index contributed by atoms with van der Waals surface area (Å²) in [7, 11) is 0. The Morgan fingerprint density at radius 1 is 0.725 bits per heavy atom. The molecule has 0 aliphatic carbocycles. The highest BCUT2D eigenvalue weighted by molar-refractivity contribution is 6.42. The zero-order chi connectivity index (χ0) is 28.5. The van der Waals surface area contributed by atoms with Crippen molar-refractivity contribution in [2.75, 3.05) is 0 Å². The Hall–Kier alpha value is -3.60. The molecule has 6 heteroatoms. The molecule has 4 rings (SSSR count). The van der Waals surface area contributed by atoms with Gasteiger partial charge in [0.2, 0.25) is 11.8 Å². The van der Waals surface area contributed by atoms with Gasteiger partial charge in [-0.05, 0) is 48.2 Å². The maximum Gasteiger partial charge on any atom is 0.243 e. The molecule has 4 aromatic rings. The van der Waals surface area contributed by atoms with Crippen LogP contribution in [0.15, 0.2) is 109 Å². The van der Waals surface area contributed by atoms with Crippen molar-refractivity contribution >= 4 is 35.0 Å². The quantitative estimate of drug-likeness (QED) is 0.200. The fourth-order valence-corrected chi connectivity index (χ4v) is 5.18. The van der Waals surface area contributed by atoms with Gasteiger partial charge in [-0.2, -0.15) is 0 Å². The first-order valence-electron chi connectivity index (χ1n) is 13.5. The van der Waals surface area contributed by atoms with Crippen molar-refractivity contribution in [3.05, 3.63) is 141 Å². The second kappa shape index (κ2) is 14.2. The predicted molar refractivity (Wildman–Crippen MR) is 164 cm³/mol. The van der Waals surface area contributed by atoms with Gasteiger partial charge in [0.05, 0.1) is 10.0 Å². The molecule has 0 aliphatic rings. The van der Waals surface area contributed by atoms with Crippen molar-refractivity contribution in [2.45, 2.75) is 51.2 Å². The number of carbonyl (C=O) groups excluding carboxylic acids is 2. The van der Waals surface area contributed by atoms with E-state index in [1.165, 1.54) is 0 Å². The van der Waals surface area contributed by atoms with Crippen LogP contribution in [0.1, 0.15) is 48.4 Å². The van der Waals surface area contributed by atoms with Crippen molar-refractivity contribution in [2.24, 2.45) is 0 Å². The third-order valence-corrected chi connectivity index (χ3v) is 7.56. The summed E-state index contributed by atoms with van der Waals surface area (Å²) < 4.78 is 0. The first kappa shape index (κ1) is 29.4. The van der Waals surface area contributed by atoms with E-state index in [-0.39, 0.29) is 36.7 Å². The largest absolute Gasteiger partial charge is 0.352 e. The molecule has 1 N–H and O–H groups in total. The standard InChI is InChI=1S/C34H34Cl2N2O2/c1-24(2)37-34(40)32(21-25-12-6-3-7-13-25)38(23-26-18-19-30(35)31(36)20-26)33(39)22-29(27-14-8-4-9-15-27)28-16-10-5-11-17-28/h3-20,24,29,32H,21-23H2,1-2H3,(H,37,40)/t32-/m0/s1. The molecule has 0 saturated carbocycles. The maximum atomic E-state index is 14.4. The molecule has 0 spiro atoms. The van der Waals surface area contributed by atoms with Gasteiger partial charge in [0.15, 0.2) is 0 Å². The van der Waals surface area contributed by atoms with Gasteiger partial charge in [0.1, 0.15) is 6.04 Å². The zero-order valence-electron chi connectivity index (χ0n) is 22.8. The van der Waals surface area contributed by atoms with Gasteiger partial charge in [-0.1, -0.05) is 120 Å². The van der Waals surface area contributed by atoms with Crippen molar-refractivity contribution < 1.29 is 9.59 Å². The number of nitrogens with zero attached hydrogens (tertiary/aromatic N) is 1. The Morgan fingerprint density at radius 3 is 1.80 bits per heavy atom. The van der Waals surface area contributed by atoms with Gasteiger partial charge < -0.3 is 10.2 Å². The normalized spacial score (nSPS) is 11.8. The van der Waals surface area contributed by atoms with Crippen LogP contribution in [-0.4, -0.2) is 28.8 Å². The smallest absolute Gasteiger partial charge is 0.243 e. The van der Waals surface area contributed by atoms with Gasteiger partial charge >= 0.3 is 0 Å². The highest BCUT2D eigenvalue weighted by atomic mass is 35.5. The molecule has 4 nitrogen and oxygen atoms in total. The van der Waals surface area contributed by atoms with Gasteiger partial charge in [-0.25, -0.2) is 0 Å². The Kier molecular flexibility index (Phi) is 10.4. The molecule has 2 amide bonds. The number of benzene rings is 4. The van der Waals surface area contributed by atoms with Crippen LogP contribution >= 0.6 is 23.2 Å². The monoisotopic (exact) mass is 572 g/mol. The van der Waals surface area contributed by atoms with E-state index in [4.69, 9.17) is 23.2 Å². The minimum absolute atomic E-state index is 0.0749. The van der Waals surface area contributed by atoms with Crippen molar-refractivity contribution in [3.8, 4) is 0 Å². The van der Waals surface area contributed by atoms with Gasteiger partial charge in [0, 0.05) is 31.3 Å². The summed E-state index contributed by atoms with van der Waals surface area (Å²) in [6, 6.07) is 34.4. The van der Waals surface area contributed by atoms with E-state index >= 15 is 0 Å². The fourth-order valence-electron chi connectivity index (χ4n) is 4.86. The Labute approximate surface area is 246 Å². The van der Waals surface area contributed by atoms with E-state index in [1.54, 1.807) is 17.0 Å². The predicted octanol–water partition coefficient (Wildman–Crippen LogP) is 7.68. The number of hydrogen-bond acceptors (Lipinski definition) is 2.